The fraction of sp³-hybridized carbons (Fsp3) is 0.133. The Kier molecular flexibility index (Phi) is 4.63. The van der Waals surface area contributed by atoms with E-state index >= 15 is 0 Å². The molecule has 0 radical (unpaired) electrons. The summed E-state index contributed by atoms with van der Waals surface area (Å²) in [5.41, 5.74) is 7.28. The first-order valence-electron chi connectivity index (χ1n) is 6.72. The van der Waals surface area contributed by atoms with Crippen LogP contribution in [0.15, 0.2) is 51.7 Å². The molecule has 2 N–H and O–H groups in total. The molecule has 0 unspecified atom stereocenters. The molecular weight excluding hydrogens is 332 g/mol. The normalized spacial score (nSPS) is 11.8. The Hall–Kier alpha value is -2.32. The van der Waals surface area contributed by atoms with E-state index in [4.69, 9.17) is 10.5 Å². The predicted octanol–water partition coefficient (Wildman–Crippen LogP) is 2.64. The fourth-order valence-electron chi connectivity index (χ4n) is 1.93. The molecule has 0 amide bonds. The lowest BCUT2D eigenvalue weighted by molar-refractivity contribution is 0.415. The van der Waals surface area contributed by atoms with Gasteiger partial charge in [0.1, 0.15) is 5.75 Å². The Morgan fingerprint density at radius 1 is 1.43 bits per heavy atom. The number of aromatic nitrogens is 2. The van der Waals surface area contributed by atoms with Gasteiger partial charge in [0, 0.05) is 23.4 Å². The number of aliphatic imine (C=N–C) groups is 1. The molecule has 0 aliphatic rings. The predicted molar refractivity (Wildman–Crippen MR) is 94.9 cm³/mol. The molecule has 1 aromatic carbocycles. The number of ether oxygens (including phenoxy) is 1. The van der Waals surface area contributed by atoms with Crippen molar-refractivity contribution in [3.05, 3.63) is 58.0 Å². The molecular formula is C15H14N4O2S2. The van der Waals surface area contributed by atoms with E-state index in [0.717, 1.165) is 11.4 Å². The molecule has 2 aromatic heterocycles. The van der Waals surface area contributed by atoms with Crippen molar-refractivity contribution < 1.29 is 4.74 Å². The molecule has 0 aliphatic carbocycles. The summed E-state index contributed by atoms with van der Waals surface area (Å²) in [7, 11) is 1.61. The van der Waals surface area contributed by atoms with E-state index in [1.54, 1.807) is 13.3 Å². The van der Waals surface area contributed by atoms with Crippen molar-refractivity contribution in [2.24, 2.45) is 10.7 Å². The first-order chi connectivity index (χ1) is 11.2. The third-order valence-electron chi connectivity index (χ3n) is 3.04. The standard InChI is InChI=1S/C15H14N4O2S2/c1-21-12-4-2-10(3-5-12)17-14(16)23-9-11-8-13(20)19-6-7-22-15(19)18-11/h2-8H,9H2,1H3,(H2,16,17). The molecule has 23 heavy (non-hydrogen) atoms. The minimum absolute atomic E-state index is 0.0856. The van der Waals surface area contributed by atoms with E-state index in [-0.39, 0.29) is 5.56 Å². The third-order valence-corrected chi connectivity index (χ3v) is 4.62. The van der Waals surface area contributed by atoms with Crippen molar-refractivity contribution in [2.45, 2.75) is 5.75 Å². The van der Waals surface area contributed by atoms with Gasteiger partial charge in [-0.1, -0.05) is 11.8 Å². The Balaban J connectivity index is 1.70. The van der Waals surface area contributed by atoms with Crippen LogP contribution in [0.5, 0.6) is 5.75 Å². The largest absolute Gasteiger partial charge is 0.497 e. The van der Waals surface area contributed by atoms with Crippen LogP contribution in [0.3, 0.4) is 0 Å². The van der Waals surface area contributed by atoms with Gasteiger partial charge in [0.15, 0.2) is 10.1 Å². The van der Waals surface area contributed by atoms with E-state index in [9.17, 15) is 4.79 Å². The topological polar surface area (TPSA) is 82.0 Å². The quantitative estimate of drug-likeness (QED) is 0.580. The van der Waals surface area contributed by atoms with Crippen LogP contribution in [0, 0.1) is 0 Å². The van der Waals surface area contributed by atoms with Crippen molar-refractivity contribution in [3.8, 4) is 5.75 Å². The number of hydrogen-bond acceptors (Lipinski definition) is 6. The smallest absolute Gasteiger partial charge is 0.258 e. The number of thiazole rings is 1. The number of amidine groups is 1. The van der Waals surface area contributed by atoms with E-state index < -0.39 is 0 Å². The van der Waals surface area contributed by atoms with Gasteiger partial charge in [-0.05, 0) is 24.3 Å². The van der Waals surface area contributed by atoms with Gasteiger partial charge in [0.25, 0.3) is 5.56 Å². The van der Waals surface area contributed by atoms with Crippen molar-refractivity contribution in [3.63, 3.8) is 0 Å². The molecule has 118 valence electrons. The highest BCUT2D eigenvalue weighted by atomic mass is 32.2. The molecule has 3 rings (SSSR count). The van der Waals surface area contributed by atoms with Crippen LogP contribution in [-0.2, 0) is 5.75 Å². The lowest BCUT2D eigenvalue weighted by Gasteiger charge is -2.03. The van der Waals surface area contributed by atoms with Crippen LogP contribution < -0.4 is 16.0 Å². The number of rotatable bonds is 4. The Labute approximate surface area is 140 Å². The summed E-state index contributed by atoms with van der Waals surface area (Å²) in [6.45, 7) is 0. The number of hydrogen-bond donors (Lipinski definition) is 1. The minimum atomic E-state index is -0.0856. The van der Waals surface area contributed by atoms with Crippen LogP contribution in [-0.4, -0.2) is 21.7 Å². The summed E-state index contributed by atoms with van der Waals surface area (Å²) >= 11 is 2.77. The molecule has 2 heterocycles. The van der Waals surface area contributed by atoms with Gasteiger partial charge < -0.3 is 10.5 Å². The lowest BCUT2D eigenvalue weighted by atomic mass is 10.3. The maximum atomic E-state index is 11.9. The van der Waals surface area contributed by atoms with Crippen molar-refractivity contribution in [1.29, 1.82) is 0 Å². The summed E-state index contributed by atoms with van der Waals surface area (Å²) in [4.78, 5) is 21.3. The van der Waals surface area contributed by atoms with Gasteiger partial charge in [0.2, 0.25) is 0 Å². The molecule has 0 saturated carbocycles. The number of methoxy groups -OCH3 is 1. The second-order valence-electron chi connectivity index (χ2n) is 4.58. The average Bonchev–Trinajstić information content (AvgIpc) is 3.03. The molecule has 0 saturated heterocycles. The number of benzene rings is 1. The van der Waals surface area contributed by atoms with Gasteiger partial charge in [-0.25, -0.2) is 9.98 Å². The maximum absolute atomic E-state index is 11.9. The van der Waals surface area contributed by atoms with Gasteiger partial charge >= 0.3 is 0 Å². The summed E-state index contributed by atoms with van der Waals surface area (Å²) in [6.07, 6.45) is 1.71. The van der Waals surface area contributed by atoms with Crippen molar-refractivity contribution in [2.75, 3.05) is 7.11 Å². The first kappa shape index (κ1) is 15.6. The van der Waals surface area contributed by atoms with E-state index in [0.29, 0.717) is 21.6 Å². The number of nitrogens with zero attached hydrogens (tertiary/aromatic N) is 3. The SMILES string of the molecule is COc1ccc(N=C(N)SCc2cc(=O)n3ccsc3n2)cc1. The number of fused-ring (bicyclic) bond motifs is 1. The molecule has 0 atom stereocenters. The van der Waals surface area contributed by atoms with Gasteiger partial charge in [-0.3, -0.25) is 9.20 Å². The maximum Gasteiger partial charge on any atom is 0.258 e. The van der Waals surface area contributed by atoms with E-state index in [1.807, 2.05) is 29.6 Å². The zero-order valence-electron chi connectivity index (χ0n) is 12.3. The number of thioether (sulfide) groups is 1. The average molecular weight is 346 g/mol. The second-order valence-corrected chi connectivity index (χ2v) is 6.45. The van der Waals surface area contributed by atoms with Crippen LogP contribution in [0.4, 0.5) is 5.69 Å². The van der Waals surface area contributed by atoms with Gasteiger partial charge in [0.05, 0.1) is 18.5 Å². The summed E-state index contributed by atoms with van der Waals surface area (Å²) in [5.74, 6) is 1.26. The Bertz CT molecular complexity index is 900. The van der Waals surface area contributed by atoms with E-state index in [2.05, 4.69) is 9.98 Å². The molecule has 3 aromatic rings. The highest BCUT2D eigenvalue weighted by molar-refractivity contribution is 8.13. The molecule has 8 heteroatoms. The van der Waals surface area contributed by atoms with E-state index in [1.165, 1.54) is 33.6 Å². The minimum Gasteiger partial charge on any atom is -0.497 e. The van der Waals surface area contributed by atoms with Crippen molar-refractivity contribution >= 4 is 38.9 Å². The zero-order chi connectivity index (χ0) is 16.2. The van der Waals surface area contributed by atoms with Crippen LogP contribution in [0.25, 0.3) is 4.96 Å². The summed E-state index contributed by atoms with van der Waals surface area (Å²) in [5, 5.41) is 2.25. The second kappa shape index (κ2) is 6.84. The van der Waals surface area contributed by atoms with Crippen LogP contribution in [0.2, 0.25) is 0 Å². The lowest BCUT2D eigenvalue weighted by Crippen LogP contribution is -2.13. The first-order valence-corrected chi connectivity index (χ1v) is 8.59. The van der Waals surface area contributed by atoms with Gasteiger partial charge in [-0.2, -0.15) is 0 Å². The third kappa shape index (κ3) is 3.72. The molecule has 0 fully saturated rings. The Morgan fingerprint density at radius 2 is 2.22 bits per heavy atom. The van der Waals surface area contributed by atoms with Crippen LogP contribution >= 0.6 is 23.1 Å². The number of nitrogens with two attached hydrogens (primary N) is 1. The zero-order valence-corrected chi connectivity index (χ0v) is 13.9. The monoisotopic (exact) mass is 346 g/mol. The van der Waals surface area contributed by atoms with Crippen molar-refractivity contribution in [1.82, 2.24) is 9.38 Å². The summed E-state index contributed by atoms with van der Waals surface area (Å²) in [6, 6.07) is 8.82. The molecule has 6 nitrogen and oxygen atoms in total. The highest BCUT2D eigenvalue weighted by Gasteiger charge is 2.05. The Morgan fingerprint density at radius 3 is 2.96 bits per heavy atom. The highest BCUT2D eigenvalue weighted by Crippen LogP contribution is 2.20. The molecule has 0 bridgehead atoms. The fourth-order valence-corrected chi connectivity index (χ4v) is 3.28. The van der Waals surface area contributed by atoms with Gasteiger partial charge in [-0.15, -0.1) is 11.3 Å². The molecule has 0 spiro atoms. The van der Waals surface area contributed by atoms with Crippen LogP contribution in [0.1, 0.15) is 5.69 Å². The summed E-state index contributed by atoms with van der Waals surface area (Å²) < 4.78 is 6.62. The molecule has 0 aliphatic heterocycles.